The molecule has 2 aliphatic heterocycles. The van der Waals surface area contributed by atoms with Gasteiger partial charge in [-0.3, -0.25) is 0 Å². The molecule has 1 saturated heterocycles. The van der Waals surface area contributed by atoms with Gasteiger partial charge in [-0.25, -0.2) is 9.59 Å². The molecular formula is C21H23N3O5. The third kappa shape index (κ3) is 4.21. The minimum Gasteiger partial charge on any atom is -0.462 e. The van der Waals surface area contributed by atoms with Crippen LogP contribution in [0, 0.1) is 0 Å². The maximum absolute atomic E-state index is 12.6. The molecule has 0 aliphatic carbocycles. The Morgan fingerprint density at radius 3 is 2.45 bits per heavy atom. The molecule has 152 valence electrons. The van der Waals surface area contributed by atoms with Gasteiger partial charge in [-0.2, -0.15) is 0 Å². The second kappa shape index (κ2) is 8.30. The maximum Gasteiger partial charge on any atom is 0.338 e. The fourth-order valence-electron chi connectivity index (χ4n) is 3.36. The third-order valence-electron chi connectivity index (χ3n) is 4.94. The molecule has 2 aliphatic rings. The molecule has 0 atom stereocenters. The van der Waals surface area contributed by atoms with Crippen molar-refractivity contribution in [2.45, 2.75) is 6.92 Å². The summed E-state index contributed by atoms with van der Waals surface area (Å²) in [6, 6.07) is 12.4. The number of rotatable bonds is 4. The Balaban J connectivity index is 1.30. The van der Waals surface area contributed by atoms with Crippen molar-refractivity contribution in [3.05, 3.63) is 48.0 Å². The lowest BCUT2D eigenvalue weighted by Gasteiger charge is -2.36. The third-order valence-corrected chi connectivity index (χ3v) is 4.94. The van der Waals surface area contributed by atoms with Gasteiger partial charge < -0.3 is 29.3 Å². The molecule has 0 saturated carbocycles. The molecule has 2 aromatic rings. The second-order valence-corrected chi connectivity index (χ2v) is 6.74. The number of hydrogen-bond donors (Lipinski definition) is 1. The lowest BCUT2D eigenvalue weighted by Crippen LogP contribution is -2.50. The summed E-state index contributed by atoms with van der Waals surface area (Å²) in [6.07, 6.45) is 0. The zero-order valence-electron chi connectivity index (χ0n) is 16.2. The molecule has 29 heavy (non-hydrogen) atoms. The van der Waals surface area contributed by atoms with Crippen LogP contribution in [0.15, 0.2) is 42.5 Å². The van der Waals surface area contributed by atoms with Crippen molar-refractivity contribution in [3.63, 3.8) is 0 Å². The van der Waals surface area contributed by atoms with Crippen molar-refractivity contribution in [3.8, 4) is 11.5 Å². The van der Waals surface area contributed by atoms with Crippen molar-refractivity contribution >= 4 is 23.4 Å². The number of piperazine rings is 1. The van der Waals surface area contributed by atoms with Gasteiger partial charge in [-0.15, -0.1) is 0 Å². The topological polar surface area (TPSA) is 80.3 Å². The summed E-state index contributed by atoms with van der Waals surface area (Å²) < 4.78 is 15.8. The smallest absolute Gasteiger partial charge is 0.338 e. The predicted octanol–water partition coefficient (Wildman–Crippen LogP) is 2.95. The Morgan fingerprint density at radius 2 is 1.72 bits per heavy atom. The lowest BCUT2D eigenvalue weighted by molar-refractivity contribution is 0.0526. The summed E-state index contributed by atoms with van der Waals surface area (Å²) in [5.41, 5.74) is 2.16. The molecule has 1 N–H and O–H groups in total. The van der Waals surface area contributed by atoms with E-state index in [1.807, 2.05) is 18.2 Å². The number of nitrogens with one attached hydrogen (secondary N) is 1. The summed E-state index contributed by atoms with van der Waals surface area (Å²) in [4.78, 5) is 28.3. The minimum absolute atomic E-state index is 0.153. The summed E-state index contributed by atoms with van der Waals surface area (Å²) in [5, 5.41) is 2.88. The van der Waals surface area contributed by atoms with E-state index in [-0.39, 0.29) is 18.8 Å². The highest BCUT2D eigenvalue weighted by Gasteiger charge is 2.23. The van der Waals surface area contributed by atoms with Crippen molar-refractivity contribution in [2.24, 2.45) is 0 Å². The van der Waals surface area contributed by atoms with E-state index in [1.165, 1.54) is 0 Å². The minimum atomic E-state index is -0.370. The van der Waals surface area contributed by atoms with E-state index in [0.717, 1.165) is 30.3 Å². The zero-order valence-corrected chi connectivity index (χ0v) is 16.2. The standard InChI is InChI=1S/C21H23N3O5/c1-2-27-20(25)15-3-5-16(6-4-15)22-21(26)24-11-9-23(10-12-24)17-7-8-18-19(13-17)29-14-28-18/h3-8,13H,2,9-12,14H2,1H3,(H,22,26). The fraction of sp³-hybridized carbons (Fsp3) is 0.333. The van der Waals surface area contributed by atoms with Crippen LogP contribution < -0.4 is 19.7 Å². The van der Waals surface area contributed by atoms with Crippen molar-refractivity contribution in [1.82, 2.24) is 4.90 Å². The van der Waals surface area contributed by atoms with Gasteiger partial charge in [-0.1, -0.05) is 0 Å². The molecule has 0 unspecified atom stereocenters. The Labute approximate surface area is 168 Å². The molecule has 8 heteroatoms. The lowest BCUT2D eigenvalue weighted by atomic mass is 10.2. The number of anilines is 2. The van der Waals surface area contributed by atoms with Gasteiger partial charge in [0, 0.05) is 43.6 Å². The molecule has 2 amide bonds. The molecule has 4 rings (SSSR count). The van der Waals surface area contributed by atoms with Crippen LogP contribution in [0.2, 0.25) is 0 Å². The van der Waals surface area contributed by atoms with Crippen LogP contribution in [-0.2, 0) is 4.74 Å². The number of fused-ring (bicyclic) bond motifs is 1. The number of carbonyl (C=O) groups excluding carboxylic acids is 2. The van der Waals surface area contributed by atoms with Crippen molar-refractivity contribution in [2.75, 3.05) is 49.8 Å². The van der Waals surface area contributed by atoms with Gasteiger partial charge in [0.15, 0.2) is 11.5 Å². The number of ether oxygens (including phenoxy) is 3. The van der Waals surface area contributed by atoms with Gasteiger partial charge in [0.25, 0.3) is 0 Å². The number of benzene rings is 2. The number of esters is 1. The average Bonchev–Trinajstić information content (AvgIpc) is 3.22. The van der Waals surface area contributed by atoms with E-state index in [4.69, 9.17) is 14.2 Å². The molecule has 8 nitrogen and oxygen atoms in total. The molecule has 0 bridgehead atoms. The van der Waals surface area contributed by atoms with E-state index in [2.05, 4.69) is 10.2 Å². The van der Waals surface area contributed by atoms with E-state index in [0.29, 0.717) is 30.9 Å². The van der Waals surface area contributed by atoms with Crippen LogP contribution in [0.25, 0.3) is 0 Å². The molecule has 2 heterocycles. The van der Waals surface area contributed by atoms with Gasteiger partial charge in [-0.05, 0) is 43.3 Å². The molecule has 0 radical (unpaired) electrons. The fourth-order valence-corrected chi connectivity index (χ4v) is 3.36. The van der Waals surface area contributed by atoms with Gasteiger partial charge in [0.2, 0.25) is 6.79 Å². The van der Waals surface area contributed by atoms with E-state index >= 15 is 0 Å². The van der Waals surface area contributed by atoms with Crippen LogP contribution >= 0.6 is 0 Å². The van der Waals surface area contributed by atoms with Crippen LogP contribution in [-0.4, -0.2) is 56.5 Å². The molecule has 0 aromatic heterocycles. The highest BCUT2D eigenvalue weighted by atomic mass is 16.7. The van der Waals surface area contributed by atoms with Crippen LogP contribution in [0.1, 0.15) is 17.3 Å². The summed E-state index contributed by atoms with van der Waals surface area (Å²) >= 11 is 0. The number of carbonyl (C=O) groups is 2. The molecule has 0 spiro atoms. The van der Waals surface area contributed by atoms with Gasteiger partial charge >= 0.3 is 12.0 Å². The number of hydrogen-bond acceptors (Lipinski definition) is 6. The summed E-state index contributed by atoms with van der Waals surface area (Å²) in [6.45, 7) is 5.04. The van der Waals surface area contributed by atoms with Crippen LogP contribution in [0.4, 0.5) is 16.2 Å². The first kappa shape index (κ1) is 18.9. The molecule has 1 fully saturated rings. The predicted molar refractivity (Wildman–Crippen MR) is 108 cm³/mol. The Bertz CT molecular complexity index is 892. The Hall–Kier alpha value is -3.42. The largest absolute Gasteiger partial charge is 0.462 e. The summed E-state index contributed by atoms with van der Waals surface area (Å²) in [7, 11) is 0. The first-order valence-corrected chi connectivity index (χ1v) is 9.62. The number of amides is 2. The van der Waals surface area contributed by atoms with Gasteiger partial charge in [0.1, 0.15) is 0 Å². The SMILES string of the molecule is CCOC(=O)c1ccc(NC(=O)N2CCN(c3ccc4c(c3)OCO4)CC2)cc1. The van der Waals surface area contributed by atoms with E-state index < -0.39 is 0 Å². The quantitative estimate of drug-likeness (QED) is 0.799. The Morgan fingerprint density at radius 1 is 1.00 bits per heavy atom. The van der Waals surface area contributed by atoms with Crippen molar-refractivity contribution in [1.29, 1.82) is 0 Å². The highest BCUT2D eigenvalue weighted by Crippen LogP contribution is 2.35. The Kier molecular flexibility index (Phi) is 5.41. The number of urea groups is 1. The monoisotopic (exact) mass is 397 g/mol. The van der Waals surface area contributed by atoms with Crippen molar-refractivity contribution < 1.29 is 23.8 Å². The zero-order chi connectivity index (χ0) is 20.2. The van der Waals surface area contributed by atoms with E-state index in [9.17, 15) is 9.59 Å². The van der Waals surface area contributed by atoms with Gasteiger partial charge in [0.05, 0.1) is 12.2 Å². The molecular weight excluding hydrogens is 374 g/mol. The van der Waals surface area contributed by atoms with Crippen LogP contribution in [0.3, 0.4) is 0 Å². The first-order chi connectivity index (χ1) is 14.1. The first-order valence-electron chi connectivity index (χ1n) is 9.62. The second-order valence-electron chi connectivity index (χ2n) is 6.74. The normalized spacial score (nSPS) is 15.2. The summed E-state index contributed by atoms with van der Waals surface area (Å²) in [5.74, 6) is 1.15. The van der Waals surface area contributed by atoms with E-state index in [1.54, 1.807) is 36.1 Å². The molecule has 2 aromatic carbocycles. The van der Waals surface area contributed by atoms with Crippen LogP contribution in [0.5, 0.6) is 11.5 Å². The average molecular weight is 397 g/mol. The number of nitrogens with zero attached hydrogens (tertiary/aromatic N) is 2. The highest BCUT2D eigenvalue weighted by molar-refractivity contribution is 5.92. The maximum atomic E-state index is 12.6.